The zero-order valence-corrected chi connectivity index (χ0v) is 17.8. The average Bonchev–Trinajstić information content (AvgIpc) is 2.73. The predicted molar refractivity (Wildman–Crippen MR) is 122 cm³/mol. The van der Waals surface area contributed by atoms with Crippen LogP contribution in [-0.2, 0) is 17.6 Å². The summed E-state index contributed by atoms with van der Waals surface area (Å²) in [4.78, 5) is 13.1. The van der Waals surface area contributed by atoms with Crippen molar-refractivity contribution in [2.75, 3.05) is 0 Å². The fourth-order valence-electron chi connectivity index (χ4n) is 5.17. The number of primary amides is 1. The zero-order valence-electron chi connectivity index (χ0n) is 17.8. The van der Waals surface area contributed by atoms with Crippen LogP contribution in [-0.4, -0.2) is 5.91 Å². The topological polar surface area (TPSA) is 43.1 Å². The fraction of sp³-hybridized carbons (Fsp3) is 0.519. The van der Waals surface area contributed by atoms with Crippen molar-refractivity contribution < 1.29 is 4.79 Å². The Labute approximate surface area is 176 Å². The van der Waals surface area contributed by atoms with Crippen molar-refractivity contribution >= 4 is 5.91 Å². The van der Waals surface area contributed by atoms with Gasteiger partial charge in [-0.2, -0.15) is 0 Å². The second-order valence-corrected chi connectivity index (χ2v) is 8.94. The molecule has 2 aromatic rings. The molecule has 1 aliphatic carbocycles. The highest BCUT2D eigenvalue weighted by molar-refractivity contribution is 5.81. The van der Waals surface area contributed by atoms with Crippen molar-refractivity contribution in [2.45, 2.75) is 77.0 Å². The number of benzene rings is 2. The van der Waals surface area contributed by atoms with Gasteiger partial charge in [-0.15, -0.1) is 0 Å². The normalized spacial score (nSPS) is 24.2. The molecule has 0 aromatic heterocycles. The maximum Gasteiger partial charge on any atom is 0.224 e. The predicted octanol–water partition coefficient (Wildman–Crippen LogP) is 6.47. The highest BCUT2D eigenvalue weighted by atomic mass is 16.1. The molecule has 1 aliphatic rings. The zero-order chi connectivity index (χ0) is 20.4. The third-order valence-electron chi connectivity index (χ3n) is 6.88. The Kier molecular flexibility index (Phi) is 8.34. The first-order chi connectivity index (χ1) is 14.2. The van der Waals surface area contributed by atoms with Crippen molar-refractivity contribution in [3.63, 3.8) is 0 Å². The quantitative estimate of drug-likeness (QED) is 0.623. The SMILES string of the molecule is NC(=O)C1(Cc2ccccc2)CCCCCCCCCCC1Cc1ccccc1. The molecule has 2 unspecified atom stereocenters. The molecule has 1 fully saturated rings. The van der Waals surface area contributed by atoms with Gasteiger partial charge in [-0.25, -0.2) is 0 Å². The molecule has 2 N–H and O–H groups in total. The monoisotopic (exact) mass is 391 g/mol. The lowest BCUT2D eigenvalue weighted by Gasteiger charge is -2.39. The van der Waals surface area contributed by atoms with E-state index in [4.69, 9.17) is 5.73 Å². The number of hydrogen-bond donors (Lipinski definition) is 1. The minimum atomic E-state index is -0.462. The lowest BCUT2D eigenvalue weighted by Crippen LogP contribution is -2.46. The molecule has 0 aliphatic heterocycles. The highest BCUT2D eigenvalue weighted by Gasteiger charge is 2.43. The molecule has 0 bridgehead atoms. The van der Waals surface area contributed by atoms with Crippen LogP contribution in [0.2, 0.25) is 0 Å². The maximum atomic E-state index is 13.1. The van der Waals surface area contributed by atoms with Crippen LogP contribution >= 0.6 is 0 Å². The van der Waals surface area contributed by atoms with Crippen LogP contribution in [0, 0.1) is 11.3 Å². The molecule has 0 saturated heterocycles. The summed E-state index contributed by atoms with van der Waals surface area (Å²) in [5.74, 6) is 0.196. The molecule has 29 heavy (non-hydrogen) atoms. The minimum absolute atomic E-state index is 0.0978. The van der Waals surface area contributed by atoms with Gasteiger partial charge in [0.2, 0.25) is 5.91 Å². The molecule has 2 atom stereocenters. The molecule has 0 spiro atoms. The van der Waals surface area contributed by atoms with Gasteiger partial charge in [-0.05, 0) is 42.7 Å². The van der Waals surface area contributed by atoms with Gasteiger partial charge in [0.15, 0.2) is 0 Å². The van der Waals surface area contributed by atoms with Gasteiger partial charge in [-0.1, -0.05) is 112 Å². The molecule has 0 radical (unpaired) electrons. The summed E-state index contributed by atoms with van der Waals surface area (Å²) in [6.07, 6.45) is 13.8. The number of amides is 1. The summed E-state index contributed by atoms with van der Waals surface area (Å²) in [7, 11) is 0. The average molecular weight is 392 g/mol. The van der Waals surface area contributed by atoms with Gasteiger partial charge in [0, 0.05) is 0 Å². The summed E-state index contributed by atoms with van der Waals surface area (Å²) in [5.41, 5.74) is 8.33. The summed E-state index contributed by atoms with van der Waals surface area (Å²) in [5, 5.41) is 0. The molecular formula is C27H37NO. The summed E-state index contributed by atoms with van der Waals surface area (Å²) in [6, 6.07) is 21.2. The first kappa shape index (κ1) is 21.6. The van der Waals surface area contributed by atoms with Crippen LogP contribution in [0.5, 0.6) is 0 Å². The van der Waals surface area contributed by atoms with E-state index in [-0.39, 0.29) is 5.91 Å². The van der Waals surface area contributed by atoms with Crippen molar-refractivity contribution in [1.29, 1.82) is 0 Å². The Balaban J connectivity index is 1.93. The van der Waals surface area contributed by atoms with Crippen LogP contribution in [0.25, 0.3) is 0 Å². The van der Waals surface area contributed by atoms with Gasteiger partial charge >= 0.3 is 0 Å². The molecule has 156 valence electrons. The van der Waals surface area contributed by atoms with Gasteiger partial charge in [0.25, 0.3) is 0 Å². The van der Waals surface area contributed by atoms with Crippen LogP contribution in [0.3, 0.4) is 0 Å². The Morgan fingerprint density at radius 1 is 0.759 bits per heavy atom. The largest absolute Gasteiger partial charge is 0.369 e. The Bertz CT molecular complexity index is 727. The van der Waals surface area contributed by atoms with Crippen LogP contribution in [0.4, 0.5) is 0 Å². The summed E-state index contributed by atoms with van der Waals surface area (Å²) >= 11 is 0. The number of carbonyl (C=O) groups excluding carboxylic acids is 1. The van der Waals surface area contributed by atoms with Crippen molar-refractivity contribution in [1.82, 2.24) is 0 Å². The lowest BCUT2D eigenvalue weighted by molar-refractivity contribution is -0.132. The van der Waals surface area contributed by atoms with Crippen LogP contribution in [0.1, 0.15) is 75.3 Å². The van der Waals surface area contributed by atoms with Gasteiger partial charge < -0.3 is 5.73 Å². The van der Waals surface area contributed by atoms with Gasteiger partial charge in [-0.3, -0.25) is 4.79 Å². The lowest BCUT2D eigenvalue weighted by atomic mass is 9.64. The summed E-state index contributed by atoms with van der Waals surface area (Å²) in [6.45, 7) is 0. The summed E-state index contributed by atoms with van der Waals surface area (Å²) < 4.78 is 0. The van der Waals surface area contributed by atoms with E-state index >= 15 is 0 Å². The molecule has 0 heterocycles. The smallest absolute Gasteiger partial charge is 0.224 e. The van der Waals surface area contributed by atoms with Gasteiger partial charge in [0.05, 0.1) is 5.41 Å². The first-order valence-corrected chi connectivity index (χ1v) is 11.6. The third-order valence-corrected chi connectivity index (χ3v) is 6.88. The number of carbonyl (C=O) groups is 1. The Morgan fingerprint density at radius 3 is 1.86 bits per heavy atom. The van der Waals surface area contributed by atoms with E-state index in [0.717, 1.165) is 32.1 Å². The molecule has 3 rings (SSSR count). The Hall–Kier alpha value is -2.09. The molecular weight excluding hydrogens is 354 g/mol. The van der Waals surface area contributed by atoms with E-state index in [0.29, 0.717) is 5.92 Å². The molecule has 1 amide bonds. The number of nitrogens with two attached hydrogens (primary N) is 1. The van der Waals surface area contributed by atoms with Crippen LogP contribution in [0.15, 0.2) is 60.7 Å². The van der Waals surface area contributed by atoms with E-state index in [2.05, 4.69) is 54.6 Å². The fourth-order valence-corrected chi connectivity index (χ4v) is 5.17. The van der Waals surface area contributed by atoms with E-state index in [1.807, 2.05) is 6.07 Å². The van der Waals surface area contributed by atoms with Crippen molar-refractivity contribution in [3.8, 4) is 0 Å². The first-order valence-electron chi connectivity index (χ1n) is 11.6. The second-order valence-electron chi connectivity index (χ2n) is 8.94. The molecule has 2 nitrogen and oxygen atoms in total. The highest BCUT2D eigenvalue weighted by Crippen LogP contribution is 2.42. The van der Waals surface area contributed by atoms with E-state index in [1.54, 1.807) is 0 Å². The molecule has 2 aromatic carbocycles. The maximum absolute atomic E-state index is 13.1. The van der Waals surface area contributed by atoms with Crippen molar-refractivity contribution in [2.24, 2.45) is 17.1 Å². The Morgan fingerprint density at radius 2 is 1.28 bits per heavy atom. The van der Waals surface area contributed by atoms with Gasteiger partial charge in [0.1, 0.15) is 0 Å². The van der Waals surface area contributed by atoms with Crippen LogP contribution < -0.4 is 5.73 Å². The molecule has 2 heteroatoms. The second kappa shape index (κ2) is 11.2. The third kappa shape index (κ3) is 6.19. The van der Waals surface area contributed by atoms with E-state index in [1.165, 1.54) is 56.1 Å². The minimum Gasteiger partial charge on any atom is -0.369 e. The number of hydrogen-bond acceptors (Lipinski definition) is 1. The van der Waals surface area contributed by atoms with Crippen molar-refractivity contribution in [3.05, 3.63) is 71.8 Å². The standard InChI is InChI=1S/C27H37NO/c28-26(29)27(22-24-17-11-8-12-18-24)20-14-6-4-2-1-3-5-13-19-25(27)21-23-15-9-7-10-16-23/h7-12,15-18,25H,1-6,13-14,19-22H2,(H2,28,29). The van der Waals surface area contributed by atoms with E-state index in [9.17, 15) is 4.79 Å². The van der Waals surface area contributed by atoms with E-state index < -0.39 is 5.41 Å². The number of rotatable bonds is 5. The molecule has 1 saturated carbocycles.